The summed E-state index contributed by atoms with van der Waals surface area (Å²) < 4.78 is 0. The van der Waals surface area contributed by atoms with E-state index in [-0.39, 0.29) is 5.56 Å². The minimum Gasteiger partial charge on any atom is -0.355 e. The maximum atomic E-state index is 11.8. The fraction of sp³-hybridized carbons (Fsp3) is 0.167. The Labute approximate surface area is 111 Å². The molecular formula is C12H11N3OS2. The SMILES string of the molecule is CSc1nc2c(Cc3ccsc3)c[nH]c2c(=O)[nH]1. The Kier molecular flexibility index (Phi) is 2.97. The zero-order valence-corrected chi connectivity index (χ0v) is 11.3. The number of rotatable bonds is 3. The van der Waals surface area contributed by atoms with Gasteiger partial charge in [-0.2, -0.15) is 11.3 Å². The van der Waals surface area contributed by atoms with Crippen molar-refractivity contribution in [2.75, 3.05) is 6.26 Å². The van der Waals surface area contributed by atoms with Crippen molar-refractivity contribution < 1.29 is 0 Å². The molecule has 0 saturated carbocycles. The molecule has 0 aliphatic rings. The van der Waals surface area contributed by atoms with Crippen LogP contribution in [-0.2, 0) is 6.42 Å². The van der Waals surface area contributed by atoms with E-state index in [1.807, 2.05) is 12.5 Å². The van der Waals surface area contributed by atoms with Gasteiger partial charge >= 0.3 is 0 Å². The third-order valence-electron chi connectivity index (χ3n) is 2.76. The largest absolute Gasteiger partial charge is 0.355 e. The van der Waals surface area contributed by atoms with Crippen molar-refractivity contribution in [3.63, 3.8) is 0 Å². The number of aromatic nitrogens is 3. The number of nitrogens with zero attached hydrogens (tertiary/aromatic N) is 1. The second-order valence-corrected chi connectivity index (χ2v) is 5.50. The van der Waals surface area contributed by atoms with Crippen LogP contribution in [0, 0.1) is 0 Å². The summed E-state index contributed by atoms with van der Waals surface area (Å²) in [6, 6.07) is 2.09. The molecule has 0 fully saturated rings. The van der Waals surface area contributed by atoms with Gasteiger partial charge in [0.1, 0.15) is 11.0 Å². The van der Waals surface area contributed by atoms with Crippen molar-refractivity contribution in [2.24, 2.45) is 0 Å². The summed E-state index contributed by atoms with van der Waals surface area (Å²) in [6.07, 6.45) is 4.57. The smallest absolute Gasteiger partial charge is 0.275 e. The van der Waals surface area contributed by atoms with Gasteiger partial charge in [0.2, 0.25) is 0 Å². The van der Waals surface area contributed by atoms with Crippen LogP contribution in [0.2, 0.25) is 0 Å². The summed E-state index contributed by atoms with van der Waals surface area (Å²) in [7, 11) is 0. The Morgan fingerprint density at radius 2 is 2.39 bits per heavy atom. The molecule has 4 nitrogen and oxygen atoms in total. The van der Waals surface area contributed by atoms with Crippen molar-refractivity contribution in [1.29, 1.82) is 0 Å². The fourth-order valence-corrected chi connectivity index (χ4v) is 2.94. The lowest BCUT2D eigenvalue weighted by Crippen LogP contribution is -2.08. The normalized spacial score (nSPS) is 11.2. The molecule has 0 bridgehead atoms. The zero-order chi connectivity index (χ0) is 12.5. The average Bonchev–Trinajstić information content (AvgIpc) is 3.00. The molecule has 0 aliphatic heterocycles. The van der Waals surface area contributed by atoms with E-state index in [9.17, 15) is 4.79 Å². The number of thiophene rings is 1. The van der Waals surface area contributed by atoms with Crippen LogP contribution in [0.15, 0.2) is 33.0 Å². The van der Waals surface area contributed by atoms with Gasteiger partial charge in [0, 0.05) is 18.2 Å². The minimum atomic E-state index is -0.110. The third-order valence-corrected chi connectivity index (χ3v) is 4.07. The highest BCUT2D eigenvalue weighted by atomic mass is 32.2. The molecule has 18 heavy (non-hydrogen) atoms. The highest BCUT2D eigenvalue weighted by molar-refractivity contribution is 7.98. The van der Waals surface area contributed by atoms with E-state index in [1.54, 1.807) is 11.3 Å². The van der Waals surface area contributed by atoms with Crippen molar-refractivity contribution in [2.45, 2.75) is 11.6 Å². The van der Waals surface area contributed by atoms with Crippen molar-refractivity contribution >= 4 is 34.1 Å². The molecule has 92 valence electrons. The van der Waals surface area contributed by atoms with Gasteiger partial charge in [-0.3, -0.25) is 9.78 Å². The van der Waals surface area contributed by atoms with E-state index in [2.05, 4.69) is 31.8 Å². The maximum Gasteiger partial charge on any atom is 0.275 e. The molecule has 3 heterocycles. The highest BCUT2D eigenvalue weighted by Gasteiger charge is 2.10. The Balaban J connectivity index is 2.13. The topological polar surface area (TPSA) is 61.5 Å². The second kappa shape index (κ2) is 4.62. The maximum absolute atomic E-state index is 11.8. The molecule has 3 aromatic rings. The molecule has 0 saturated heterocycles. The summed E-state index contributed by atoms with van der Waals surface area (Å²) >= 11 is 3.11. The summed E-state index contributed by atoms with van der Waals surface area (Å²) in [5, 5.41) is 4.82. The lowest BCUT2D eigenvalue weighted by Gasteiger charge is -1.98. The molecule has 0 atom stereocenters. The first-order valence-corrected chi connectivity index (χ1v) is 7.60. The molecule has 3 rings (SSSR count). The van der Waals surface area contributed by atoms with Gasteiger partial charge in [0.25, 0.3) is 5.56 Å². The van der Waals surface area contributed by atoms with Crippen LogP contribution in [0.5, 0.6) is 0 Å². The van der Waals surface area contributed by atoms with Gasteiger partial charge < -0.3 is 4.98 Å². The minimum absolute atomic E-state index is 0.110. The average molecular weight is 277 g/mol. The van der Waals surface area contributed by atoms with Crippen LogP contribution < -0.4 is 5.56 Å². The summed E-state index contributed by atoms with van der Waals surface area (Å²) in [4.78, 5) is 22.1. The molecule has 0 radical (unpaired) electrons. The molecular weight excluding hydrogens is 266 g/mol. The lowest BCUT2D eigenvalue weighted by molar-refractivity contribution is 0.972. The Morgan fingerprint density at radius 3 is 3.11 bits per heavy atom. The van der Waals surface area contributed by atoms with Gasteiger partial charge in [-0.1, -0.05) is 11.8 Å². The van der Waals surface area contributed by atoms with Gasteiger partial charge in [-0.15, -0.1) is 0 Å². The van der Waals surface area contributed by atoms with Crippen LogP contribution >= 0.6 is 23.1 Å². The van der Waals surface area contributed by atoms with E-state index in [0.29, 0.717) is 10.7 Å². The number of hydrogen-bond acceptors (Lipinski definition) is 4. The lowest BCUT2D eigenvalue weighted by atomic mass is 10.1. The number of nitrogens with one attached hydrogen (secondary N) is 2. The highest BCUT2D eigenvalue weighted by Crippen LogP contribution is 2.20. The first-order valence-electron chi connectivity index (χ1n) is 5.43. The summed E-state index contributed by atoms with van der Waals surface area (Å²) in [5.74, 6) is 0. The Hall–Kier alpha value is -1.53. The fourth-order valence-electron chi connectivity index (χ4n) is 1.89. The molecule has 0 aliphatic carbocycles. The van der Waals surface area contributed by atoms with Gasteiger partial charge in [0.05, 0.1) is 0 Å². The van der Waals surface area contributed by atoms with Crippen LogP contribution in [0.3, 0.4) is 0 Å². The van der Waals surface area contributed by atoms with Gasteiger partial charge in [-0.25, -0.2) is 4.98 Å². The number of hydrogen-bond donors (Lipinski definition) is 2. The molecule has 0 amide bonds. The quantitative estimate of drug-likeness (QED) is 0.571. The van der Waals surface area contributed by atoms with Crippen LogP contribution in [0.4, 0.5) is 0 Å². The number of aromatic amines is 2. The van der Waals surface area contributed by atoms with E-state index in [4.69, 9.17) is 0 Å². The molecule has 0 spiro atoms. The number of fused-ring (bicyclic) bond motifs is 1. The van der Waals surface area contributed by atoms with Gasteiger partial charge in [0.15, 0.2) is 5.16 Å². The predicted octanol–water partition coefficient (Wildman–Crippen LogP) is 2.63. The van der Waals surface area contributed by atoms with Crippen LogP contribution in [0.1, 0.15) is 11.1 Å². The van der Waals surface area contributed by atoms with Crippen LogP contribution in [-0.4, -0.2) is 21.2 Å². The molecule has 0 aromatic carbocycles. The van der Waals surface area contributed by atoms with Crippen molar-refractivity contribution in [1.82, 2.24) is 15.0 Å². The Morgan fingerprint density at radius 1 is 1.50 bits per heavy atom. The van der Waals surface area contributed by atoms with Crippen molar-refractivity contribution in [3.8, 4) is 0 Å². The summed E-state index contributed by atoms with van der Waals surface area (Å²) in [5.41, 5.74) is 3.52. The van der Waals surface area contributed by atoms with E-state index < -0.39 is 0 Å². The molecule has 2 N–H and O–H groups in total. The van der Waals surface area contributed by atoms with Gasteiger partial charge in [-0.05, 0) is 28.6 Å². The van der Waals surface area contributed by atoms with E-state index >= 15 is 0 Å². The number of thioether (sulfide) groups is 1. The zero-order valence-electron chi connectivity index (χ0n) is 9.69. The second-order valence-electron chi connectivity index (χ2n) is 3.92. The van der Waals surface area contributed by atoms with E-state index in [1.165, 1.54) is 17.3 Å². The first-order chi connectivity index (χ1) is 8.78. The molecule has 3 aromatic heterocycles. The molecule has 0 unspecified atom stereocenters. The van der Waals surface area contributed by atoms with Crippen molar-refractivity contribution in [3.05, 3.63) is 44.5 Å². The Bertz CT molecular complexity index is 727. The number of H-pyrrole nitrogens is 2. The molecule has 6 heteroatoms. The van der Waals surface area contributed by atoms with Crippen LogP contribution in [0.25, 0.3) is 11.0 Å². The first kappa shape index (κ1) is 11.6. The monoisotopic (exact) mass is 277 g/mol. The summed E-state index contributed by atoms with van der Waals surface area (Å²) in [6.45, 7) is 0. The predicted molar refractivity (Wildman–Crippen MR) is 75.6 cm³/mol. The third kappa shape index (κ3) is 1.97. The standard InChI is InChI=1S/C12H11N3OS2/c1-17-12-14-9-8(4-7-2-3-18-6-7)5-13-10(9)11(16)15-12/h2-3,5-6,13H,4H2,1H3,(H,14,15,16). The van der Waals surface area contributed by atoms with E-state index in [0.717, 1.165) is 17.5 Å².